The van der Waals surface area contributed by atoms with E-state index in [2.05, 4.69) is 22.6 Å². The first-order chi connectivity index (χ1) is 8.97. The Labute approximate surface area is 124 Å². The number of ketones is 1. The van der Waals surface area contributed by atoms with Gasteiger partial charge in [0.15, 0.2) is 5.78 Å². The zero-order valence-electron chi connectivity index (χ0n) is 10.4. The van der Waals surface area contributed by atoms with Crippen molar-refractivity contribution in [3.63, 3.8) is 0 Å². The Kier molecular flexibility index (Phi) is 4.19. The SMILES string of the molecule is CC(=O)c1ccc2cc([C@@H](I)CC(=O)O)ccc2c1. The quantitative estimate of drug-likeness (QED) is 0.504. The van der Waals surface area contributed by atoms with Crippen molar-refractivity contribution in [2.45, 2.75) is 17.3 Å². The van der Waals surface area contributed by atoms with Gasteiger partial charge in [-0.15, -0.1) is 0 Å². The number of fused-ring (bicyclic) bond motifs is 1. The van der Waals surface area contributed by atoms with E-state index in [1.165, 1.54) is 0 Å². The monoisotopic (exact) mass is 368 g/mol. The van der Waals surface area contributed by atoms with E-state index in [1.54, 1.807) is 13.0 Å². The summed E-state index contributed by atoms with van der Waals surface area (Å²) in [7, 11) is 0. The predicted molar refractivity (Wildman–Crippen MR) is 83.0 cm³/mol. The van der Waals surface area contributed by atoms with E-state index in [0.717, 1.165) is 16.3 Å². The highest BCUT2D eigenvalue weighted by Crippen LogP contribution is 2.29. The van der Waals surface area contributed by atoms with E-state index in [4.69, 9.17) is 5.11 Å². The third-order valence-electron chi connectivity index (χ3n) is 2.99. The van der Waals surface area contributed by atoms with Crippen molar-refractivity contribution >= 4 is 45.1 Å². The van der Waals surface area contributed by atoms with Gasteiger partial charge in [-0.2, -0.15) is 0 Å². The van der Waals surface area contributed by atoms with Crippen molar-refractivity contribution in [1.82, 2.24) is 0 Å². The Morgan fingerprint density at radius 2 is 1.79 bits per heavy atom. The largest absolute Gasteiger partial charge is 0.481 e. The summed E-state index contributed by atoms with van der Waals surface area (Å²) in [6.45, 7) is 1.54. The second-order valence-corrected chi connectivity index (χ2v) is 5.95. The average Bonchev–Trinajstić information content (AvgIpc) is 2.36. The highest BCUT2D eigenvalue weighted by molar-refractivity contribution is 14.1. The van der Waals surface area contributed by atoms with Gasteiger partial charge in [0.25, 0.3) is 0 Å². The molecule has 2 aromatic rings. The van der Waals surface area contributed by atoms with Crippen LogP contribution in [0.1, 0.15) is 33.2 Å². The van der Waals surface area contributed by atoms with Crippen LogP contribution >= 0.6 is 22.6 Å². The van der Waals surface area contributed by atoms with Crippen LogP contribution in [-0.4, -0.2) is 16.9 Å². The first-order valence-electron chi connectivity index (χ1n) is 5.88. The van der Waals surface area contributed by atoms with Gasteiger partial charge in [0.1, 0.15) is 0 Å². The Bertz CT molecular complexity index is 649. The molecular weight excluding hydrogens is 355 g/mol. The van der Waals surface area contributed by atoms with Crippen LogP contribution in [0.2, 0.25) is 0 Å². The van der Waals surface area contributed by atoms with Gasteiger partial charge in [-0.05, 0) is 29.3 Å². The van der Waals surface area contributed by atoms with Crippen molar-refractivity contribution in [3.8, 4) is 0 Å². The van der Waals surface area contributed by atoms with Crippen molar-refractivity contribution < 1.29 is 14.7 Å². The molecule has 0 bridgehead atoms. The number of hydrogen-bond donors (Lipinski definition) is 1. The van der Waals surface area contributed by atoms with E-state index < -0.39 is 5.97 Å². The van der Waals surface area contributed by atoms with Gasteiger partial charge < -0.3 is 5.11 Å². The molecule has 0 heterocycles. The van der Waals surface area contributed by atoms with Gasteiger partial charge in [0.2, 0.25) is 0 Å². The first kappa shape index (κ1) is 14.0. The molecule has 0 aliphatic rings. The van der Waals surface area contributed by atoms with Gasteiger partial charge >= 0.3 is 5.97 Å². The number of benzene rings is 2. The molecular formula is C15H13IO3. The zero-order valence-corrected chi connectivity index (χ0v) is 12.5. The summed E-state index contributed by atoms with van der Waals surface area (Å²) < 4.78 is -0.0491. The fourth-order valence-electron chi connectivity index (χ4n) is 1.95. The van der Waals surface area contributed by atoms with E-state index in [-0.39, 0.29) is 16.1 Å². The highest BCUT2D eigenvalue weighted by Gasteiger charge is 2.12. The molecule has 0 saturated heterocycles. The van der Waals surface area contributed by atoms with Crippen molar-refractivity contribution in [2.24, 2.45) is 0 Å². The van der Waals surface area contributed by atoms with Gasteiger partial charge in [-0.1, -0.05) is 52.9 Å². The van der Waals surface area contributed by atoms with Crippen molar-refractivity contribution in [3.05, 3.63) is 47.5 Å². The average molecular weight is 368 g/mol. The molecule has 1 atom stereocenters. The molecule has 19 heavy (non-hydrogen) atoms. The molecule has 0 spiro atoms. The fourth-order valence-corrected chi connectivity index (χ4v) is 2.71. The minimum atomic E-state index is -0.800. The molecule has 0 aliphatic carbocycles. The standard InChI is InChI=1S/C15H13IO3/c1-9(17)10-2-3-12-7-13(5-4-11(12)6-10)14(16)8-15(18)19/h2-7,14H,8H2,1H3,(H,18,19)/t14-/m0/s1. The second kappa shape index (κ2) is 5.69. The molecule has 2 aromatic carbocycles. The maximum atomic E-state index is 11.3. The normalized spacial score (nSPS) is 12.3. The van der Waals surface area contributed by atoms with E-state index >= 15 is 0 Å². The number of alkyl halides is 1. The summed E-state index contributed by atoms with van der Waals surface area (Å²) in [5.41, 5.74) is 1.68. The van der Waals surface area contributed by atoms with Gasteiger partial charge in [0, 0.05) is 9.49 Å². The van der Waals surface area contributed by atoms with Crippen LogP contribution in [0.5, 0.6) is 0 Å². The summed E-state index contributed by atoms with van der Waals surface area (Å²) in [5.74, 6) is -0.755. The molecule has 0 aliphatic heterocycles. The lowest BCUT2D eigenvalue weighted by atomic mass is 10.0. The number of hydrogen-bond acceptors (Lipinski definition) is 2. The van der Waals surface area contributed by atoms with Crippen LogP contribution in [0.15, 0.2) is 36.4 Å². The predicted octanol–water partition coefficient (Wildman–Crippen LogP) is 3.99. The van der Waals surface area contributed by atoms with Crippen molar-refractivity contribution in [1.29, 1.82) is 0 Å². The molecule has 98 valence electrons. The van der Waals surface area contributed by atoms with Crippen LogP contribution in [0, 0.1) is 0 Å². The molecule has 0 aromatic heterocycles. The lowest BCUT2D eigenvalue weighted by Crippen LogP contribution is -2.00. The molecule has 0 saturated carbocycles. The molecule has 2 rings (SSSR count). The van der Waals surface area contributed by atoms with Crippen LogP contribution < -0.4 is 0 Å². The maximum Gasteiger partial charge on any atom is 0.304 e. The van der Waals surface area contributed by atoms with Gasteiger partial charge in [-0.25, -0.2) is 0 Å². The number of carboxylic acid groups (broad SMARTS) is 1. The summed E-state index contributed by atoms with van der Waals surface area (Å²) in [5, 5.41) is 10.8. The summed E-state index contributed by atoms with van der Waals surface area (Å²) in [6.07, 6.45) is 0.109. The minimum absolute atomic E-state index is 0.0450. The van der Waals surface area contributed by atoms with Crippen LogP contribution in [-0.2, 0) is 4.79 Å². The molecule has 4 heteroatoms. The van der Waals surface area contributed by atoms with Crippen molar-refractivity contribution in [2.75, 3.05) is 0 Å². The molecule has 1 N–H and O–H groups in total. The van der Waals surface area contributed by atoms with E-state index in [9.17, 15) is 9.59 Å². The molecule has 0 amide bonds. The molecule has 0 radical (unpaired) electrons. The van der Waals surface area contributed by atoms with Crippen LogP contribution in [0.3, 0.4) is 0 Å². The lowest BCUT2D eigenvalue weighted by molar-refractivity contribution is -0.136. The Morgan fingerprint density at radius 1 is 1.16 bits per heavy atom. The van der Waals surface area contributed by atoms with Gasteiger partial charge in [-0.3, -0.25) is 9.59 Å². The van der Waals surface area contributed by atoms with Gasteiger partial charge in [0.05, 0.1) is 6.42 Å². The Morgan fingerprint density at radius 3 is 2.42 bits per heavy atom. The Balaban J connectivity index is 2.39. The number of carbonyl (C=O) groups excluding carboxylic acids is 1. The smallest absolute Gasteiger partial charge is 0.304 e. The van der Waals surface area contributed by atoms with E-state index in [0.29, 0.717) is 5.56 Å². The summed E-state index contributed by atoms with van der Waals surface area (Å²) >= 11 is 2.14. The first-order valence-corrected chi connectivity index (χ1v) is 7.12. The number of rotatable bonds is 4. The maximum absolute atomic E-state index is 11.3. The zero-order chi connectivity index (χ0) is 14.0. The number of carboxylic acids is 1. The highest BCUT2D eigenvalue weighted by atomic mass is 127. The second-order valence-electron chi connectivity index (χ2n) is 4.44. The minimum Gasteiger partial charge on any atom is -0.481 e. The van der Waals surface area contributed by atoms with E-state index in [1.807, 2.05) is 30.3 Å². The number of aliphatic carboxylic acids is 1. The van der Waals surface area contributed by atoms with Crippen LogP contribution in [0.4, 0.5) is 0 Å². The third kappa shape index (κ3) is 3.32. The number of Topliss-reactive ketones (excluding diaryl/α,β-unsaturated/α-hetero) is 1. The van der Waals surface area contributed by atoms with Crippen LogP contribution in [0.25, 0.3) is 10.8 Å². The summed E-state index contributed by atoms with van der Waals surface area (Å²) in [6, 6.07) is 11.4. The fraction of sp³-hybridized carbons (Fsp3) is 0.200. The lowest BCUT2D eigenvalue weighted by Gasteiger charge is -2.09. The topological polar surface area (TPSA) is 54.4 Å². The Hall–Kier alpha value is -1.43. The molecule has 3 nitrogen and oxygen atoms in total. The third-order valence-corrected chi connectivity index (χ3v) is 4.15. The molecule has 0 unspecified atom stereocenters. The number of halogens is 1. The molecule has 0 fully saturated rings. The summed E-state index contributed by atoms with van der Waals surface area (Å²) in [4.78, 5) is 22.0. The number of carbonyl (C=O) groups is 2.